The lowest BCUT2D eigenvalue weighted by atomic mass is 10.1. The fraction of sp³-hybridized carbons (Fsp3) is 0.167. The molecule has 1 unspecified atom stereocenters. The van der Waals surface area contributed by atoms with Crippen LogP contribution in [0.25, 0.3) is 11.1 Å². The minimum Gasteiger partial charge on any atom is -0.392 e. The summed E-state index contributed by atoms with van der Waals surface area (Å²) < 4.78 is 28.6. The first-order valence-corrected chi connectivity index (χ1v) is 14.0. The van der Waals surface area contributed by atoms with Crippen LogP contribution in [-0.2, 0) is 14.9 Å². The maximum atomic E-state index is 13.7. The normalized spacial score (nSPS) is 13.0. The predicted octanol–water partition coefficient (Wildman–Crippen LogP) is 5.96. The summed E-state index contributed by atoms with van der Waals surface area (Å²) in [7, 11) is -4.00. The van der Waals surface area contributed by atoms with Crippen molar-refractivity contribution in [2.24, 2.45) is 5.16 Å². The Hall–Kier alpha value is -3.65. The van der Waals surface area contributed by atoms with Crippen LogP contribution in [0.3, 0.4) is 0 Å². The van der Waals surface area contributed by atoms with Gasteiger partial charge in [-0.25, -0.2) is 8.42 Å². The predicted molar refractivity (Wildman–Crippen MR) is 151 cm³/mol. The first kappa shape index (κ1) is 26.0. The highest BCUT2D eigenvalue weighted by molar-refractivity contribution is 7.92. The number of halogens is 1. The number of hydrogen-bond acceptors (Lipinski definition) is 5. The number of nitrogens with zero attached hydrogens (tertiary/aromatic N) is 2. The van der Waals surface area contributed by atoms with Crippen molar-refractivity contribution in [1.82, 2.24) is 0 Å². The summed E-state index contributed by atoms with van der Waals surface area (Å²) in [4.78, 5) is 5.70. The van der Waals surface area contributed by atoms with Crippen molar-refractivity contribution in [3.05, 3.63) is 118 Å². The second-order valence-electron chi connectivity index (χ2n) is 9.19. The number of fused-ring (bicyclic) bond motifs is 3. The Morgan fingerprint density at radius 1 is 0.842 bits per heavy atom. The quantitative estimate of drug-likeness (QED) is 0.243. The van der Waals surface area contributed by atoms with E-state index in [0.717, 1.165) is 33.4 Å². The Bertz CT molecular complexity index is 1570. The Morgan fingerprint density at radius 3 is 2.03 bits per heavy atom. The van der Waals surface area contributed by atoms with Gasteiger partial charge in [0.15, 0.2) is 0 Å². The third-order valence-corrected chi connectivity index (χ3v) is 8.75. The zero-order chi connectivity index (χ0) is 26.9. The molecule has 1 atom stereocenters. The highest BCUT2D eigenvalue weighted by Gasteiger charge is 2.29. The lowest BCUT2D eigenvalue weighted by Crippen LogP contribution is -2.39. The van der Waals surface area contributed by atoms with Gasteiger partial charge < -0.3 is 9.94 Å². The molecule has 194 valence electrons. The number of hydrogen-bond donors (Lipinski definition) is 1. The van der Waals surface area contributed by atoms with Gasteiger partial charge in [0, 0.05) is 16.1 Å². The molecule has 4 aromatic rings. The van der Waals surface area contributed by atoms with Crippen LogP contribution in [0.1, 0.15) is 22.3 Å². The van der Waals surface area contributed by atoms with Crippen LogP contribution in [-0.4, -0.2) is 38.5 Å². The standard InChI is InChI=1S/C30H27ClN2O4S/c1-20-8-7-13-29(21(20)2)33(38(35,36)24-16-14-22(31)15-17-24)18-23(34)19-37-32-30-27-11-5-3-9-25(27)26-10-4-6-12-28(26)30/h3-17,23,34H,18-19H2,1-2H3. The van der Waals surface area contributed by atoms with E-state index >= 15 is 0 Å². The number of anilines is 1. The Balaban J connectivity index is 1.40. The van der Waals surface area contributed by atoms with Crippen LogP contribution < -0.4 is 4.31 Å². The minimum absolute atomic E-state index is 0.0790. The molecule has 0 heterocycles. The van der Waals surface area contributed by atoms with E-state index in [4.69, 9.17) is 16.4 Å². The van der Waals surface area contributed by atoms with E-state index in [1.165, 1.54) is 28.6 Å². The molecule has 0 radical (unpaired) electrons. The number of sulfonamides is 1. The molecule has 0 fully saturated rings. The molecule has 0 saturated heterocycles. The molecule has 0 bridgehead atoms. The van der Waals surface area contributed by atoms with E-state index in [9.17, 15) is 13.5 Å². The molecule has 1 aliphatic rings. The van der Waals surface area contributed by atoms with Gasteiger partial charge in [-0.3, -0.25) is 4.31 Å². The van der Waals surface area contributed by atoms with Crippen LogP contribution in [0.15, 0.2) is 101 Å². The Kier molecular flexibility index (Phi) is 7.25. The first-order valence-electron chi connectivity index (χ1n) is 12.2. The summed E-state index contributed by atoms with van der Waals surface area (Å²) in [5, 5.41) is 15.7. The zero-order valence-electron chi connectivity index (χ0n) is 21.0. The molecule has 6 nitrogen and oxygen atoms in total. The van der Waals surface area contributed by atoms with Crippen molar-refractivity contribution in [3.8, 4) is 11.1 Å². The molecule has 0 amide bonds. The van der Waals surface area contributed by atoms with E-state index in [2.05, 4.69) is 5.16 Å². The summed E-state index contributed by atoms with van der Waals surface area (Å²) in [6.45, 7) is 3.37. The van der Waals surface area contributed by atoms with Crippen molar-refractivity contribution in [2.75, 3.05) is 17.5 Å². The van der Waals surface area contributed by atoms with Gasteiger partial charge in [0.05, 0.1) is 17.1 Å². The van der Waals surface area contributed by atoms with Crippen LogP contribution in [0.4, 0.5) is 5.69 Å². The SMILES string of the molecule is Cc1cccc(N(CC(O)CON=C2c3ccccc3-c3ccccc32)S(=O)(=O)c2ccc(Cl)cc2)c1C. The summed E-state index contributed by atoms with van der Waals surface area (Å²) >= 11 is 5.99. The summed E-state index contributed by atoms with van der Waals surface area (Å²) in [5.74, 6) is 0. The molecule has 38 heavy (non-hydrogen) atoms. The summed E-state index contributed by atoms with van der Waals surface area (Å²) in [6.07, 6.45) is -1.15. The molecular formula is C30H27ClN2O4S. The van der Waals surface area contributed by atoms with Crippen LogP contribution in [0, 0.1) is 13.8 Å². The number of rotatable bonds is 8. The average molecular weight is 547 g/mol. The van der Waals surface area contributed by atoms with Gasteiger partial charge >= 0.3 is 0 Å². The van der Waals surface area contributed by atoms with Crippen molar-refractivity contribution < 1.29 is 18.4 Å². The lowest BCUT2D eigenvalue weighted by Gasteiger charge is -2.28. The number of benzene rings is 4. The lowest BCUT2D eigenvalue weighted by molar-refractivity contribution is 0.0456. The maximum absolute atomic E-state index is 13.7. The number of aliphatic hydroxyl groups is 1. The van der Waals surface area contributed by atoms with E-state index in [1.54, 1.807) is 12.1 Å². The van der Waals surface area contributed by atoms with Gasteiger partial charge in [-0.1, -0.05) is 77.4 Å². The fourth-order valence-corrected chi connectivity index (χ4v) is 6.28. The molecule has 0 aliphatic heterocycles. The van der Waals surface area contributed by atoms with Crippen molar-refractivity contribution >= 4 is 33.0 Å². The van der Waals surface area contributed by atoms with Crippen molar-refractivity contribution in [1.29, 1.82) is 0 Å². The topological polar surface area (TPSA) is 79.2 Å². The monoisotopic (exact) mass is 546 g/mol. The number of oxime groups is 1. The third-order valence-electron chi connectivity index (χ3n) is 6.70. The smallest absolute Gasteiger partial charge is 0.264 e. The van der Waals surface area contributed by atoms with Crippen LogP contribution >= 0.6 is 11.6 Å². The van der Waals surface area contributed by atoms with Crippen LogP contribution in [0.5, 0.6) is 0 Å². The van der Waals surface area contributed by atoms with E-state index in [0.29, 0.717) is 16.4 Å². The van der Waals surface area contributed by atoms with E-state index in [-0.39, 0.29) is 18.0 Å². The number of aliphatic hydroxyl groups excluding tert-OH is 1. The van der Waals surface area contributed by atoms with Gasteiger partial charge in [0.25, 0.3) is 10.0 Å². The second kappa shape index (κ2) is 10.6. The summed E-state index contributed by atoms with van der Waals surface area (Å²) in [6, 6.07) is 27.3. The molecule has 0 saturated carbocycles. The molecular weight excluding hydrogens is 520 g/mol. The third kappa shape index (κ3) is 4.92. The van der Waals surface area contributed by atoms with E-state index in [1.807, 2.05) is 68.4 Å². The molecule has 4 aromatic carbocycles. The second-order valence-corrected chi connectivity index (χ2v) is 11.5. The van der Waals surface area contributed by atoms with Gasteiger partial charge in [-0.2, -0.15) is 0 Å². The van der Waals surface area contributed by atoms with Crippen molar-refractivity contribution in [3.63, 3.8) is 0 Å². The highest BCUT2D eigenvalue weighted by atomic mass is 35.5. The zero-order valence-corrected chi connectivity index (χ0v) is 22.6. The molecule has 0 spiro atoms. The van der Waals surface area contributed by atoms with Gasteiger partial charge in [-0.15, -0.1) is 0 Å². The van der Waals surface area contributed by atoms with Crippen LogP contribution in [0.2, 0.25) is 5.02 Å². The number of aryl methyl sites for hydroxylation is 1. The first-order chi connectivity index (χ1) is 18.3. The van der Waals surface area contributed by atoms with Gasteiger partial charge in [0.2, 0.25) is 0 Å². The molecule has 8 heteroatoms. The Labute approximate surface area is 227 Å². The minimum atomic E-state index is -4.00. The molecule has 1 aliphatic carbocycles. The highest BCUT2D eigenvalue weighted by Crippen LogP contribution is 2.36. The molecule has 5 rings (SSSR count). The van der Waals surface area contributed by atoms with Gasteiger partial charge in [-0.05, 0) is 66.4 Å². The van der Waals surface area contributed by atoms with Crippen molar-refractivity contribution in [2.45, 2.75) is 24.8 Å². The summed E-state index contributed by atoms with van der Waals surface area (Å²) in [5.41, 5.74) is 6.96. The molecule has 0 aromatic heterocycles. The average Bonchev–Trinajstić information content (AvgIpc) is 3.23. The Morgan fingerprint density at radius 2 is 1.42 bits per heavy atom. The maximum Gasteiger partial charge on any atom is 0.264 e. The fourth-order valence-electron chi connectivity index (χ4n) is 4.59. The molecule has 1 N–H and O–H groups in total. The largest absolute Gasteiger partial charge is 0.392 e. The van der Waals surface area contributed by atoms with Gasteiger partial charge in [0.1, 0.15) is 18.4 Å². The van der Waals surface area contributed by atoms with E-state index < -0.39 is 16.1 Å².